The topological polar surface area (TPSA) is 87.7 Å². The Morgan fingerprint density at radius 2 is 1.77 bits per heavy atom. The highest BCUT2D eigenvalue weighted by molar-refractivity contribution is 6.26. The number of fused-ring (bicyclic) bond motifs is 2. The van der Waals surface area contributed by atoms with Crippen molar-refractivity contribution in [3.05, 3.63) is 89.9 Å². The summed E-state index contributed by atoms with van der Waals surface area (Å²) < 4.78 is 5.51. The van der Waals surface area contributed by atoms with Crippen LogP contribution in [0, 0.1) is 0 Å². The number of hydrogen-bond donors (Lipinski definition) is 1. The van der Waals surface area contributed by atoms with Gasteiger partial charge in [-0.3, -0.25) is 9.78 Å². The van der Waals surface area contributed by atoms with Gasteiger partial charge in [-0.05, 0) is 68.3 Å². The maximum Gasteiger partial charge on any atom is 0.423 e. The van der Waals surface area contributed by atoms with E-state index in [0.29, 0.717) is 0 Å². The van der Waals surface area contributed by atoms with Gasteiger partial charge in [0.15, 0.2) is 0 Å². The van der Waals surface area contributed by atoms with Crippen LogP contribution < -0.4 is 0 Å². The number of benzene rings is 2. The third kappa shape index (κ3) is 4.48. The molecule has 0 radical (unpaired) electrons. The van der Waals surface area contributed by atoms with Crippen molar-refractivity contribution < 1.29 is 14.3 Å². The van der Waals surface area contributed by atoms with Gasteiger partial charge in [0.2, 0.25) is 0 Å². The Hall–Kier alpha value is -4.52. The molecule has 0 saturated heterocycles. The highest BCUT2D eigenvalue weighted by Crippen LogP contribution is 2.26. The van der Waals surface area contributed by atoms with Crippen molar-refractivity contribution in [3.63, 3.8) is 0 Å². The van der Waals surface area contributed by atoms with Gasteiger partial charge < -0.3 is 9.72 Å². The number of ether oxygens (including phenoxy) is 1. The van der Waals surface area contributed by atoms with Gasteiger partial charge in [0, 0.05) is 28.7 Å². The van der Waals surface area contributed by atoms with Crippen LogP contribution in [0.15, 0.2) is 83.8 Å². The van der Waals surface area contributed by atoms with E-state index >= 15 is 0 Å². The van der Waals surface area contributed by atoms with Crippen LogP contribution in [-0.2, 0) is 9.53 Å². The standard InChI is InChI=1S/C28H24N4O3/c1-28(2,3)35-27(34)32-25(14-13-19-17-30-23-11-5-4-9-21(19)23)31-24(26(32)33)16-18-8-6-12-22-20(18)10-7-15-29-22/h4-17,30H,1-3H3/b14-13+,24-16-. The number of aromatic nitrogens is 2. The minimum Gasteiger partial charge on any atom is -0.443 e. The molecule has 1 aliphatic rings. The molecule has 7 heteroatoms. The number of amides is 2. The minimum atomic E-state index is -0.771. The summed E-state index contributed by atoms with van der Waals surface area (Å²) in [6.45, 7) is 5.26. The molecule has 0 bridgehead atoms. The van der Waals surface area contributed by atoms with E-state index in [4.69, 9.17) is 4.74 Å². The second-order valence-electron chi connectivity index (χ2n) is 9.16. The molecule has 5 rings (SSSR count). The number of para-hydroxylation sites is 1. The molecule has 0 fully saturated rings. The number of amidine groups is 1. The fourth-order valence-corrected chi connectivity index (χ4v) is 3.93. The molecule has 0 unspecified atom stereocenters. The van der Waals surface area contributed by atoms with E-state index in [1.54, 1.807) is 39.1 Å². The first-order valence-electron chi connectivity index (χ1n) is 11.3. The number of pyridine rings is 1. The lowest BCUT2D eigenvalue weighted by molar-refractivity contribution is -0.122. The fourth-order valence-electron chi connectivity index (χ4n) is 3.93. The lowest BCUT2D eigenvalue weighted by Crippen LogP contribution is -2.41. The average molecular weight is 465 g/mol. The number of aliphatic imine (C=N–C) groups is 1. The van der Waals surface area contributed by atoms with E-state index in [2.05, 4.69) is 15.0 Å². The lowest BCUT2D eigenvalue weighted by Gasteiger charge is -2.23. The second kappa shape index (κ2) is 8.68. The zero-order valence-corrected chi connectivity index (χ0v) is 19.6. The largest absolute Gasteiger partial charge is 0.443 e. The van der Waals surface area contributed by atoms with Crippen LogP contribution in [-0.4, -0.2) is 38.3 Å². The highest BCUT2D eigenvalue weighted by Gasteiger charge is 2.37. The van der Waals surface area contributed by atoms with Crippen molar-refractivity contribution in [2.24, 2.45) is 4.99 Å². The van der Waals surface area contributed by atoms with Crippen molar-refractivity contribution in [1.29, 1.82) is 0 Å². The number of hydrogen-bond acceptors (Lipinski definition) is 5. The van der Waals surface area contributed by atoms with E-state index in [1.807, 2.05) is 66.9 Å². The number of carbonyl (C=O) groups excluding carboxylic acids is 2. The van der Waals surface area contributed by atoms with Crippen LogP contribution >= 0.6 is 0 Å². The number of rotatable bonds is 3. The van der Waals surface area contributed by atoms with Crippen molar-refractivity contribution in [1.82, 2.24) is 14.9 Å². The van der Waals surface area contributed by atoms with Crippen LogP contribution in [0.5, 0.6) is 0 Å². The quantitative estimate of drug-likeness (QED) is 0.380. The number of nitrogens with one attached hydrogen (secondary N) is 1. The molecule has 2 amide bonds. The molecule has 3 heterocycles. The van der Waals surface area contributed by atoms with Crippen LogP contribution in [0.4, 0.5) is 4.79 Å². The molecule has 1 N–H and O–H groups in total. The Morgan fingerprint density at radius 3 is 2.60 bits per heavy atom. The molecule has 2 aromatic heterocycles. The molecule has 0 atom stereocenters. The Balaban J connectivity index is 1.56. The van der Waals surface area contributed by atoms with E-state index in [9.17, 15) is 9.59 Å². The fraction of sp³-hybridized carbons (Fsp3) is 0.143. The molecule has 1 aliphatic heterocycles. The summed E-state index contributed by atoms with van der Waals surface area (Å²) in [5.74, 6) is -0.349. The maximum atomic E-state index is 13.3. The van der Waals surface area contributed by atoms with E-state index in [1.165, 1.54) is 0 Å². The van der Waals surface area contributed by atoms with E-state index < -0.39 is 17.6 Å². The van der Waals surface area contributed by atoms with Gasteiger partial charge in [0.25, 0.3) is 5.91 Å². The number of imide groups is 1. The summed E-state index contributed by atoms with van der Waals surface area (Å²) in [5.41, 5.74) is 2.87. The van der Waals surface area contributed by atoms with Crippen molar-refractivity contribution in [2.45, 2.75) is 26.4 Å². The molecule has 4 aromatic rings. The first kappa shape index (κ1) is 22.3. The zero-order chi connectivity index (χ0) is 24.6. The number of carbonyl (C=O) groups is 2. The van der Waals surface area contributed by atoms with Gasteiger partial charge in [-0.2, -0.15) is 4.90 Å². The molecule has 35 heavy (non-hydrogen) atoms. The summed E-state index contributed by atoms with van der Waals surface area (Å²) in [4.78, 5) is 39.4. The molecular weight excluding hydrogens is 440 g/mol. The second-order valence-corrected chi connectivity index (χ2v) is 9.16. The zero-order valence-electron chi connectivity index (χ0n) is 19.6. The van der Waals surface area contributed by atoms with Gasteiger partial charge in [-0.25, -0.2) is 9.79 Å². The monoisotopic (exact) mass is 464 g/mol. The van der Waals surface area contributed by atoms with Crippen molar-refractivity contribution >= 4 is 51.8 Å². The van der Waals surface area contributed by atoms with Crippen LogP contribution in [0.3, 0.4) is 0 Å². The molecule has 0 aliphatic carbocycles. The van der Waals surface area contributed by atoms with Gasteiger partial charge in [0.1, 0.15) is 17.1 Å². The summed E-state index contributed by atoms with van der Waals surface area (Å²) in [6.07, 6.45) is 7.98. The summed E-state index contributed by atoms with van der Waals surface area (Å²) in [5, 5.41) is 1.91. The summed E-state index contributed by atoms with van der Waals surface area (Å²) >= 11 is 0. The Bertz CT molecular complexity index is 1550. The van der Waals surface area contributed by atoms with Crippen molar-refractivity contribution in [3.8, 4) is 0 Å². The van der Waals surface area contributed by atoms with E-state index in [0.717, 1.165) is 37.8 Å². The van der Waals surface area contributed by atoms with Crippen LogP contribution in [0.1, 0.15) is 31.9 Å². The predicted molar refractivity (Wildman–Crippen MR) is 138 cm³/mol. The number of nitrogens with zero attached hydrogens (tertiary/aromatic N) is 3. The summed E-state index contributed by atoms with van der Waals surface area (Å²) in [6, 6.07) is 17.3. The van der Waals surface area contributed by atoms with E-state index in [-0.39, 0.29) is 11.5 Å². The third-order valence-electron chi connectivity index (χ3n) is 5.47. The first-order chi connectivity index (χ1) is 16.8. The molecule has 174 valence electrons. The molecule has 0 spiro atoms. The Labute approximate surface area is 202 Å². The number of aromatic amines is 1. The minimum absolute atomic E-state index is 0.144. The Kier molecular flexibility index (Phi) is 5.53. The van der Waals surface area contributed by atoms with Crippen LogP contribution in [0.25, 0.3) is 34.0 Å². The third-order valence-corrected chi connectivity index (χ3v) is 5.47. The summed E-state index contributed by atoms with van der Waals surface area (Å²) in [7, 11) is 0. The van der Waals surface area contributed by atoms with Crippen molar-refractivity contribution in [2.75, 3.05) is 0 Å². The SMILES string of the molecule is CC(C)(C)OC(=O)N1C(=O)/C(=C/c2cccc3ncccc23)N=C1/C=C/c1c[nH]c2ccccc12. The average Bonchev–Trinajstić information content (AvgIpc) is 3.37. The first-order valence-corrected chi connectivity index (χ1v) is 11.3. The smallest absolute Gasteiger partial charge is 0.423 e. The van der Waals surface area contributed by atoms with Gasteiger partial charge in [-0.1, -0.05) is 36.4 Å². The van der Waals surface area contributed by atoms with Crippen LogP contribution in [0.2, 0.25) is 0 Å². The molecule has 0 saturated carbocycles. The lowest BCUT2D eigenvalue weighted by atomic mass is 10.1. The molecule has 7 nitrogen and oxygen atoms in total. The normalized spacial score (nSPS) is 15.5. The maximum absolute atomic E-state index is 13.3. The highest BCUT2D eigenvalue weighted by atomic mass is 16.6. The van der Waals surface area contributed by atoms with Gasteiger partial charge >= 0.3 is 6.09 Å². The molecule has 2 aromatic carbocycles. The predicted octanol–water partition coefficient (Wildman–Crippen LogP) is 5.95. The van der Waals surface area contributed by atoms with Gasteiger partial charge in [0.05, 0.1) is 5.52 Å². The van der Waals surface area contributed by atoms with Gasteiger partial charge in [-0.15, -0.1) is 0 Å². The Morgan fingerprint density at radius 1 is 0.971 bits per heavy atom. The molecular formula is C28H24N4O3. The number of H-pyrrole nitrogens is 1.